The van der Waals surface area contributed by atoms with Crippen LogP contribution < -0.4 is 5.32 Å². The Labute approximate surface area is 118 Å². The molecule has 5 heteroatoms. The van der Waals surface area contributed by atoms with E-state index in [0.717, 1.165) is 35.4 Å². The lowest BCUT2D eigenvalue weighted by Crippen LogP contribution is -2.19. The van der Waals surface area contributed by atoms with Crippen LogP contribution in [-0.2, 0) is 16.0 Å². The molecule has 0 aliphatic rings. The lowest BCUT2D eigenvalue weighted by Gasteiger charge is -2.11. The molecular weight excluding hydrogens is 270 g/mol. The zero-order valence-corrected chi connectivity index (χ0v) is 12.4. The van der Waals surface area contributed by atoms with Crippen molar-refractivity contribution >= 4 is 23.4 Å². The zero-order valence-electron chi connectivity index (χ0n) is 10.9. The summed E-state index contributed by atoms with van der Waals surface area (Å²) < 4.78 is 10.1. The average Bonchev–Trinajstić information content (AvgIpc) is 2.37. The molecule has 0 fully saturated rings. The van der Waals surface area contributed by atoms with Gasteiger partial charge in [-0.25, -0.2) is 0 Å². The van der Waals surface area contributed by atoms with Crippen molar-refractivity contribution in [3.05, 3.63) is 28.8 Å². The van der Waals surface area contributed by atoms with Gasteiger partial charge in [0.05, 0.1) is 18.2 Å². The molecule has 0 aliphatic carbocycles. The molecule has 0 bridgehead atoms. The van der Waals surface area contributed by atoms with Crippen molar-refractivity contribution in [2.24, 2.45) is 0 Å². The van der Waals surface area contributed by atoms with Crippen molar-refractivity contribution < 1.29 is 9.47 Å². The Kier molecular flexibility index (Phi) is 8.46. The van der Waals surface area contributed by atoms with Crippen LogP contribution in [0.25, 0.3) is 0 Å². The van der Waals surface area contributed by atoms with E-state index >= 15 is 0 Å². The van der Waals surface area contributed by atoms with Crippen LogP contribution in [0.3, 0.4) is 0 Å². The second-order valence-electron chi connectivity index (χ2n) is 3.74. The standard InChI is InChI=1S/C13H20ClNO2S/c1-16-7-6-15-10-11-4-3-5-12(14)13(11)18-9-8-17-2/h3-5,15H,6-10H2,1-2H3. The van der Waals surface area contributed by atoms with Gasteiger partial charge in [-0.1, -0.05) is 23.7 Å². The smallest absolute Gasteiger partial charge is 0.0587 e. The van der Waals surface area contributed by atoms with E-state index in [-0.39, 0.29) is 0 Å². The van der Waals surface area contributed by atoms with Crippen molar-refractivity contribution in [3.8, 4) is 0 Å². The van der Waals surface area contributed by atoms with E-state index in [1.165, 1.54) is 5.56 Å². The molecule has 18 heavy (non-hydrogen) atoms. The largest absolute Gasteiger partial charge is 0.384 e. The van der Waals surface area contributed by atoms with Crippen LogP contribution in [0.5, 0.6) is 0 Å². The first-order chi connectivity index (χ1) is 8.79. The molecule has 0 spiro atoms. The third kappa shape index (κ3) is 5.59. The number of benzene rings is 1. The van der Waals surface area contributed by atoms with Gasteiger partial charge in [-0.2, -0.15) is 0 Å². The number of hydrogen-bond acceptors (Lipinski definition) is 4. The minimum Gasteiger partial charge on any atom is -0.384 e. The molecule has 0 aliphatic heterocycles. The second-order valence-corrected chi connectivity index (χ2v) is 5.25. The van der Waals surface area contributed by atoms with Crippen LogP contribution >= 0.6 is 23.4 Å². The predicted octanol–water partition coefficient (Wildman–Crippen LogP) is 2.81. The van der Waals surface area contributed by atoms with Gasteiger partial charge >= 0.3 is 0 Å². The fourth-order valence-corrected chi connectivity index (χ4v) is 2.82. The van der Waals surface area contributed by atoms with E-state index in [1.54, 1.807) is 26.0 Å². The quantitative estimate of drug-likeness (QED) is 0.559. The Hall–Kier alpha value is -0.260. The molecule has 102 valence electrons. The maximum absolute atomic E-state index is 6.23. The van der Waals surface area contributed by atoms with Gasteiger partial charge in [0, 0.05) is 38.0 Å². The van der Waals surface area contributed by atoms with Crippen LogP contribution in [0.4, 0.5) is 0 Å². The Balaban J connectivity index is 2.56. The number of ether oxygens (including phenoxy) is 2. The maximum Gasteiger partial charge on any atom is 0.0587 e. The van der Waals surface area contributed by atoms with Crippen LogP contribution in [0, 0.1) is 0 Å². The van der Waals surface area contributed by atoms with E-state index in [0.29, 0.717) is 6.61 Å². The van der Waals surface area contributed by atoms with Gasteiger partial charge in [0.2, 0.25) is 0 Å². The molecule has 1 N–H and O–H groups in total. The van der Waals surface area contributed by atoms with E-state index < -0.39 is 0 Å². The number of halogens is 1. The van der Waals surface area contributed by atoms with Gasteiger partial charge in [0.1, 0.15) is 0 Å². The predicted molar refractivity (Wildman–Crippen MR) is 77.6 cm³/mol. The normalized spacial score (nSPS) is 10.8. The van der Waals surface area contributed by atoms with Gasteiger partial charge in [-0.3, -0.25) is 0 Å². The van der Waals surface area contributed by atoms with Crippen LogP contribution in [0.2, 0.25) is 5.02 Å². The van der Waals surface area contributed by atoms with Crippen molar-refractivity contribution in [3.63, 3.8) is 0 Å². The molecule has 0 aromatic heterocycles. The first-order valence-corrected chi connectivity index (χ1v) is 7.24. The lowest BCUT2D eigenvalue weighted by atomic mass is 10.2. The lowest BCUT2D eigenvalue weighted by molar-refractivity contribution is 0.199. The van der Waals surface area contributed by atoms with Crippen molar-refractivity contribution in [2.75, 3.05) is 39.7 Å². The minimum atomic E-state index is 0.715. The second kappa shape index (κ2) is 9.64. The number of hydrogen-bond donors (Lipinski definition) is 1. The van der Waals surface area contributed by atoms with Crippen LogP contribution in [0.1, 0.15) is 5.56 Å². The molecule has 1 aromatic rings. The van der Waals surface area contributed by atoms with Gasteiger partial charge in [-0.15, -0.1) is 11.8 Å². The highest BCUT2D eigenvalue weighted by atomic mass is 35.5. The number of nitrogens with one attached hydrogen (secondary N) is 1. The van der Waals surface area contributed by atoms with E-state index in [2.05, 4.69) is 11.4 Å². The van der Waals surface area contributed by atoms with E-state index in [1.807, 2.05) is 12.1 Å². The summed E-state index contributed by atoms with van der Waals surface area (Å²) in [6.07, 6.45) is 0. The fraction of sp³-hybridized carbons (Fsp3) is 0.538. The third-order valence-electron chi connectivity index (χ3n) is 2.38. The molecular formula is C13H20ClNO2S. The van der Waals surface area contributed by atoms with Crippen molar-refractivity contribution in [2.45, 2.75) is 11.4 Å². The summed E-state index contributed by atoms with van der Waals surface area (Å²) in [7, 11) is 3.41. The first kappa shape index (κ1) is 15.8. The Bertz CT molecular complexity index is 350. The number of rotatable bonds is 9. The minimum absolute atomic E-state index is 0.715. The summed E-state index contributed by atoms with van der Waals surface area (Å²) in [5, 5.41) is 4.14. The number of thioether (sulfide) groups is 1. The van der Waals surface area contributed by atoms with Crippen LogP contribution in [0.15, 0.2) is 23.1 Å². The summed E-state index contributed by atoms with van der Waals surface area (Å²) in [6, 6.07) is 6.01. The SMILES string of the molecule is COCCNCc1cccc(Cl)c1SCCOC. The summed E-state index contributed by atoms with van der Waals surface area (Å²) in [5.41, 5.74) is 1.22. The van der Waals surface area contributed by atoms with E-state index in [4.69, 9.17) is 21.1 Å². The average molecular weight is 290 g/mol. The molecule has 0 atom stereocenters. The molecule has 0 saturated carbocycles. The Morgan fingerprint density at radius 1 is 1.22 bits per heavy atom. The van der Waals surface area contributed by atoms with E-state index in [9.17, 15) is 0 Å². The van der Waals surface area contributed by atoms with Crippen LogP contribution in [-0.4, -0.2) is 39.7 Å². The molecule has 1 rings (SSSR count). The highest BCUT2D eigenvalue weighted by Gasteiger charge is 2.07. The molecule has 0 saturated heterocycles. The maximum atomic E-state index is 6.23. The summed E-state index contributed by atoms with van der Waals surface area (Å²) in [4.78, 5) is 1.14. The summed E-state index contributed by atoms with van der Waals surface area (Å²) in [6.45, 7) is 3.09. The molecule has 0 unspecified atom stereocenters. The summed E-state index contributed by atoms with van der Waals surface area (Å²) >= 11 is 7.97. The molecule has 0 heterocycles. The summed E-state index contributed by atoms with van der Waals surface area (Å²) in [5.74, 6) is 0.908. The molecule has 3 nitrogen and oxygen atoms in total. The molecule has 1 aromatic carbocycles. The van der Waals surface area contributed by atoms with Gasteiger partial charge in [0.25, 0.3) is 0 Å². The highest BCUT2D eigenvalue weighted by Crippen LogP contribution is 2.30. The highest BCUT2D eigenvalue weighted by molar-refractivity contribution is 7.99. The molecule has 0 amide bonds. The van der Waals surface area contributed by atoms with Crippen molar-refractivity contribution in [1.82, 2.24) is 5.32 Å². The van der Waals surface area contributed by atoms with Gasteiger partial charge in [-0.05, 0) is 11.6 Å². The van der Waals surface area contributed by atoms with Gasteiger partial charge < -0.3 is 14.8 Å². The Morgan fingerprint density at radius 3 is 2.72 bits per heavy atom. The number of methoxy groups -OCH3 is 2. The monoisotopic (exact) mass is 289 g/mol. The first-order valence-electron chi connectivity index (χ1n) is 5.88. The van der Waals surface area contributed by atoms with Gasteiger partial charge in [0.15, 0.2) is 0 Å². The fourth-order valence-electron chi connectivity index (χ4n) is 1.48. The Morgan fingerprint density at radius 2 is 2.00 bits per heavy atom. The third-order valence-corrected chi connectivity index (χ3v) is 3.95. The molecule has 0 radical (unpaired) electrons. The topological polar surface area (TPSA) is 30.5 Å². The zero-order chi connectivity index (χ0) is 13.2. The van der Waals surface area contributed by atoms with Crippen molar-refractivity contribution in [1.29, 1.82) is 0 Å².